The number of anilines is 1. The summed E-state index contributed by atoms with van der Waals surface area (Å²) in [6, 6.07) is 0. The van der Waals surface area contributed by atoms with Gasteiger partial charge in [0.05, 0.1) is 11.3 Å². The minimum absolute atomic E-state index is 0.0894. The van der Waals surface area contributed by atoms with Crippen molar-refractivity contribution >= 4 is 34.9 Å². The molecule has 2 heterocycles. The van der Waals surface area contributed by atoms with E-state index in [0.29, 0.717) is 11.3 Å². The fourth-order valence-electron chi connectivity index (χ4n) is 1.71. The maximum Gasteiger partial charge on any atom is 0.260 e. The lowest BCUT2D eigenvalue weighted by Gasteiger charge is -2.06. The Hall–Kier alpha value is -1.66. The summed E-state index contributed by atoms with van der Waals surface area (Å²) in [5, 5.41) is 6.98. The van der Waals surface area contributed by atoms with Gasteiger partial charge in [0.15, 0.2) is 11.0 Å². The molecular formula is C11H11Cl2N5O. The molecule has 0 fully saturated rings. The van der Waals surface area contributed by atoms with Crippen LogP contribution in [0.5, 0.6) is 0 Å². The number of carbonyl (C=O) groups excluding carboxylic acids is 1. The number of nitrogens with one attached hydrogen (secondary N) is 1. The van der Waals surface area contributed by atoms with Gasteiger partial charge in [-0.2, -0.15) is 5.10 Å². The third-order valence-electron chi connectivity index (χ3n) is 2.71. The van der Waals surface area contributed by atoms with Gasteiger partial charge in [0, 0.05) is 12.7 Å². The molecule has 0 aromatic carbocycles. The van der Waals surface area contributed by atoms with Crippen molar-refractivity contribution in [3.63, 3.8) is 0 Å². The number of amides is 1. The lowest BCUT2D eigenvalue weighted by Crippen LogP contribution is -2.15. The summed E-state index contributed by atoms with van der Waals surface area (Å²) >= 11 is 11.7. The van der Waals surface area contributed by atoms with Gasteiger partial charge < -0.3 is 5.32 Å². The van der Waals surface area contributed by atoms with E-state index >= 15 is 0 Å². The Balaban J connectivity index is 2.34. The van der Waals surface area contributed by atoms with E-state index in [1.165, 1.54) is 6.33 Å². The molecule has 0 radical (unpaired) electrons. The molecule has 0 spiro atoms. The predicted molar refractivity (Wildman–Crippen MR) is 72.7 cm³/mol. The summed E-state index contributed by atoms with van der Waals surface area (Å²) in [5.41, 5.74) is 1.88. The van der Waals surface area contributed by atoms with Gasteiger partial charge in [0.2, 0.25) is 0 Å². The highest BCUT2D eigenvalue weighted by atomic mass is 35.5. The zero-order chi connectivity index (χ0) is 14.2. The van der Waals surface area contributed by atoms with Gasteiger partial charge in [0.1, 0.15) is 11.3 Å². The summed E-state index contributed by atoms with van der Waals surface area (Å²) < 4.78 is 1.64. The largest absolute Gasteiger partial charge is 0.305 e. The highest BCUT2D eigenvalue weighted by molar-refractivity contribution is 6.43. The Labute approximate surface area is 119 Å². The van der Waals surface area contributed by atoms with Gasteiger partial charge in [-0.1, -0.05) is 23.2 Å². The van der Waals surface area contributed by atoms with E-state index < -0.39 is 0 Å². The molecule has 2 aromatic heterocycles. The number of carbonyl (C=O) groups is 1. The minimum atomic E-state index is -0.334. The van der Waals surface area contributed by atoms with E-state index in [0.717, 1.165) is 5.69 Å². The maximum atomic E-state index is 12.2. The summed E-state index contributed by atoms with van der Waals surface area (Å²) in [7, 11) is 1.77. The molecule has 19 heavy (non-hydrogen) atoms. The molecule has 6 nitrogen and oxygen atoms in total. The molecule has 100 valence electrons. The number of hydrogen-bond acceptors (Lipinski definition) is 4. The first-order valence-electron chi connectivity index (χ1n) is 5.39. The second kappa shape index (κ2) is 5.14. The van der Waals surface area contributed by atoms with Crippen LogP contribution in [0.4, 0.5) is 5.82 Å². The average Bonchev–Trinajstić information content (AvgIpc) is 2.59. The molecule has 1 N–H and O–H groups in total. The molecule has 0 saturated heterocycles. The molecule has 0 aliphatic rings. The third kappa shape index (κ3) is 2.54. The Morgan fingerprint density at radius 1 is 1.32 bits per heavy atom. The standard InChI is InChI=1S/C11H11Cl2N5O/c1-5-7(6(2)18(3)17-5)11(19)16-10-8(12)9(13)14-4-15-10/h4H,1-3H3,(H,14,15,16,19). The highest BCUT2D eigenvalue weighted by Crippen LogP contribution is 2.26. The Morgan fingerprint density at radius 3 is 2.58 bits per heavy atom. The van der Waals surface area contributed by atoms with Gasteiger partial charge in [-0.3, -0.25) is 9.48 Å². The molecule has 0 aliphatic heterocycles. The molecule has 2 rings (SSSR count). The van der Waals surface area contributed by atoms with Crippen molar-refractivity contribution < 1.29 is 4.79 Å². The van der Waals surface area contributed by atoms with Crippen LogP contribution < -0.4 is 5.32 Å². The molecule has 0 saturated carbocycles. The van der Waals surface area contributed by atoms with Crippen LogP contribution in [0.3, 0.4) is 0 Å². The van der Waals surface area contributed by atoms with E-state index in [1.54, 1.807) is 18.7 Å². The van der Waals surface area contributed by atoms with Crippen molar-refractivity contribution in [2.75, 3.05) is 5.32 Å². The van der Waals surface area contributed by atoms with Crippen LogP contribution in [0.15, 0.2) is 6.33 Å². The first-order chi connectivity index (χ1) is 8.91. The second-order valence-electron chi connectivity index (χ2n) is 3.95. The van der Waals surface area contributed by atoms with Crippen LogP contribution in [0, 0.1) is 13.8 Å². The molecule has 2 aromatic rings. The number of nitrogens with zero attached hydrogens (tertiary/aromatic N) is 4. The number of aromatic nitrogens is 4. The van der Waals surface area contributed by atoms with Crippen LogP contribution in [-0.4, -0.2) is 25.7 Å². The topological polar surface area (TPSA) is 72.7 Å². The molecule has 0 bridgehead atoms. The van der Waals surface area contributed by atoms with Crippen LogP contribution in [0.2, 0.25) is 10.2 Å². The van der Waals surface area contributed by atoms with Crippen molar-refractivity contribution in [1.82, 2.24) is 19.7 Å². The van der Waals surface area contributed by atoms with Crippen LogP contribution in [0.25, 0.3) is 0 Å². The van der Waals surface area contributed by atoms with Crippen molar-refractivity contribution in [2.45, 2.75) is 13.8 Å². The van der Waals surface area contributed by atoms with E-state index in [4.69, 9.17) is 23.2 Å². The summed E-state index contributed by atoms with van der Waals surface area (Å²) in [4.78, 5) is 19.8. The lowest BCUT2D eigenvalue weighted by atomic mass is 10.2. The minimum Gasteiger partial charge on any atom is -0.305 e. The SMILES string of the molecule is Cc1nn(C)c(C)c1C(=O)Nc1ncnc(Cl)c1Cl. The van der Waals surface area contributed by atoms with E-state index in [-0.39, 0.29) is 21.9 Å². The number of aryl methyl sites for hydroxylation is 2. The van der Waals surface area contributed by atoms with Crippen molar-refractivity contribution in [2.24, 2.45) is 7.05 Å². The van der Waals surface area contributed by atoms with Gasteiger partial charge in [0.25, 0.3) is 5.91 Å². The Morgan fingerprint density at radius 2 is 2.00 bits per heavy atom. The smallest absolute Gasteiger partial charge is 0.260 e. The Bertz CT molecular complexity index is 653. The van der Waals surface area contributed by atoms with E-state index in [9.17, 15) is 4.79 Å². The van der Waals surface area contributed by atoms with E-state index in [2.05, 4.69) is 20.4 Å². The molecule has 0 unspecified atom stereocenters. The molecule has 8 heteroatoms. The zero-order valence-electron chi connectivity index (χ0n) is 10.5. The van der Waals surface area contributed by atoms with Gasteiger partial charge >= 0.3 is 0 Å². The first-order valence-corrected chi connectivity index (χ1v) is 6.15. The van der Waals surface area contributed by atoms with Crippen LogP contribution >= 0.6 is 23.2 Å². The third-order valence-corrected chi connectivity index (χ3v) is 3.46. The van der Waals surface area contributed by atoms with Gasteiger partial charge in [-0.25, -0.2) is 9.97 Å². The van der Waals surface area contributed by atoms with E-state index in [1.807, 2.05) is 6.92 Å². The monoisotopic (exact) mass is 299 g/mol. The summed E-state index contributed by atoms with van der Waals surface area (Å²) in [6.07, 6.45) is 1.23. The van der Waals surface area contributed by atoms with Gasteiger partial charge in [-0.05, 0) is 13.8 Å². The van der Waals surface area contributed by atoms with Crippen LogP contribution in [0.1, 0.15) is 21.7 Å². The summed E-state index contributed by atoms with van der Waals surface area (Å²) in [5.74, 6) is -0.158. The average molecular weight is 300 g/mol. The molecular weight excluding hydrogens is 289 g/mol. The Kier molecular flexibility index (Phi) is 3.73. The van der Waals surface area contributed by atoms with Crippen LogP contribution in [-0.2, 0) is 7.05 Å². The first kappa shape index (κ1) is 13.8. The lowest BCUT2D eigenvalue weighted by molar-refractivity contribution is 0.102. The number of hydrogen-bond donors (Lipinski definition) is 1. The summed E-state index contributed by atoms with van der Waals surface area (Å²) in [6.45, 7) is 3.57. The number of halogens is 2. The van der Waals surface area contributed by atoms with Crippen molar-refractivity contribution in [3.05, 3.63) is 33.5 Å². The molecule has 0 atom stereocenters. The maximum absolute atomic E-state index is 12.2. The highest BCUT2D eigenvalue weighted by Gasteiger charge is 2.19. The normalized spacial score (nSPS) is 10.6. The van der Waals surface area contributed by atoms with Crippen molar-refractivity contribution in [1.29, 1.82) is 0 Å². The molecule has 0 aliphatic carbocycles. The second-order valence-corrected chi connectivity index (χ2v) is 4.69. The zero-order valence-corrected chi connectivity index (χ0v) is 12.0. The predicted octanol–water partition coefficient (Wildman–Crippen LogP) is 2.39. The van der Waals surface area contributed by atoms with Gasteiger partial charge in [-0.15, -0.1) is 0 Å². The fourth-order valence-corrected chi connectivity index (χ4v) is 1.99. The number of rotatable bonds is 2. The fraction of sp³-hybridized carbons (Fsp3) is 0.273. The quantitative estimate of drug-likeness (QED) is 0.864. The molecule has 1 amide bonds. The van der Waals surface area contributed by atoms with Crippen molar-refractivity contribution in [3.8, 4) is 0 Å².